The molecular formula is C20H23ClN4O2. The lowest BCUT2D eigenvalue weighted by Crippen LogP contribution is -2.30. The van der Waals surface area contributed by atoms with E-state index in [2.05, 4.69) is 15.6 Å². The van der Waals surface area contributed by atoms with Gasteiger partial charge in [-0.05, 0) is 61.7 Å². The number of methoxy groups -OCH3 is 1. The van der Waals surface area contributed by atoms with Gasteiger partial charge >= 0.3 is 0 Å². The van der Waals surface area contributed by atoms with Crippen LogP contribution in [-0.4, -0.2) is 35.7 Å². The highest BCUT2D eigenvalue weighted by Gasteiger charge is 2.21. The standard InChI is InChI=1S/C20H22N4O2.ClH/c1-26-16-10-8-15(9-11-16)24-18-5-3-2-4-17(18)22-20(24)23-19(25)13-21-12-14-6-7-14;/h2-5,8-11,14,21H,6-7,12-13H2,1H3,(H,22,23,25);1H. The van der Waals surface area contributed by atoms with Crippen molar-refractivity contribution < 1.29 is 9.53 Å². The fourth-order valence-electron chi connectivity index (χ4n) is 2.98. The third-order valence-corrected chi connectivity index (χ3v) is 4.56. The number of hydrogen-bond donors (Lipinski definition) is 2. The molecule has 0 bridgehead atoms. The molecule has 142 valence electrons. The molecule has 0 spiro atoms. The summed E-state index contributed by atoms with van der Waals surface area (Å²) in [5.74, 6) is 1.96. The summed E-state index contributed by atoms with van der Waals surface area (Å²) in [6.07, 6.45) is 2.53. The van der Waals surface area contributed by atoms with E-state index in [9.17, 15) is 4.79 Å². The van der Waals surface area contributed by atoms with Gasteiger partial charge in [0.2, 0.25) is 11.9 Å². The molecule has 27 heavy (non-hydrogen) atoms. The normalized spacial score (nSPS) is 13.2. The van der Waals surface area contributed by atoms with Crippen LogP contribution in [0.1, 0.15) is 12.8 Å². The Morgan fingerprint density at radius 1 is 1.19 bits per heavy atom. The molecule has 1 fully saturated rings. The second-order valence-corrected chi connectivity index (χ2v) is 6.58. The first kappa shape index (κ1) is 19.2. The average molecular weight is 387 g/mol. The van der Waals surface area contributed by atoms with E-state index in [0.29, 0.717) is 12.5 Å². The lowest BCUT2D eigenvalue weighted by molar-refractivity contribution is -0.115. The van der Waals surface area contributed by atoms with Gasteiger partial charge in [-0.15, -0.1) is 12.4 Å². The summed E-state index contributed by atoms with van der Waals surface area (Å²) in [7, 11) is 1.64. The summed E-state index contributed by atoms with van der Waals surface area (Å²) >= 11 is 0. The van der Waals surface area contributed by atoms with Gasteiger partial charge < -0.3 is 10.1 Å². The molecule has 0 radical (unpaired) electrons. The Balaban J connectivity index is 0.00000210. The minimum Gasteiger partial charge on any atom is -0.497 e. The predicted octanol–water partition coefficient (Wildman–Crippen LogP) is 3.39. The van der Waals surface area contributed by atoms with Gasteiger partial charge in [-0.25, -0.2) is 4.98 Å². The summed E-state index contributed by atoms with van der Waals surface area (Å²) in [4.78, 5) is 16.9. The van der Waals surface area contributed by atoms with Crippen molar-refractivity contribution in [1.29, 1.82) is 0 Å². The second kappa shape index (κ2) is 8.41. The summed E-state index contributed by atoms with van der Waals surface area (Å²) in [5.41, 5.74) is 2.70. The molecule has 1 heterocycles. The van der Waals surface area contributed by atoms with Crippen molar-refractivity contribution in [2.45, 2.75) is 12.8 Å². The average Bonchev–Trinajstić information content (AvgIpc) is 3.41. The van der Waals surface area contributed by atoms with Crippen LogP contribution in [0.25, 0.3) is 16.7 Å². The van der Waals surface area contributed by atoms with Crippen molar-refractivity contribution in [2.75, 3.05) is 25.5 Å². The molecule has 3 aromatic rings. The summed E-state index contributed by atoms with van der Waals surface area (Å²) < 4.78 is 7.19. The van der Waals surface area contributed by atoms with Crippen molar-refractivity contribution in [3.63, 3.8) is 0 Å². The van der Waals surface area contributed by atoms with Crippen LogP contribution in [0, 0.1) is 5.92 Å². The number of para-hydroxylation sites is 2. The van der Waals surface area contributed by atoms with Crippen molar-refractivity contribution in [2.24, 2.45) is 5.92 Å². The van der Waals surface area contributed by atoms with Gasteiger partial charge in [-0.2, -0.15) is 0 Å². The van der Waals surface area contributed by atoms with Crippen molar-refractivity contribution in [1.82, 2.24) is 14.9 Å². The minimum absolute atomic E-state index is 0. The van der Waals surface area contributed by atoms with E-state index in [1.165, 1.54) is 12.8 Å². The van der Waals surface area contributed by atoms with Crippen molar-refractivity contribution >= 4 is 35.3 Å². The number of fused-ring (bicyclic) bond motifs is 1. The molecule has 1 amide bonds. The molecule has 0 aliphatic heterocycles. The third-order valence-electron chi connectivity index (χ3n) is 4.56. The lowest BCUT2D eigenvalue weighted by Gasteiger charge is -2.11. The number of benzene rings is 2. The van der Waals surface area contributed by atoms with Gasteiger partial charge in [-0.1, -0.05) is 12.1 Å². The van der Waals surface area contributed by atoms with E-state index in [1.54, 1.807) is 7.11 Å². The Hall–Kier alpha value is -2.57. The zero-order valence-corrected chi connectivity index (χ0v) is 16.0. The van der Waals surface area contributed by atoms with Crippen LogP contribution >= 0.6 is 12.4 Å². The van der Waals surface area contributed by atoms with Crippen LogP contribution in [-0.2, 0) is 4.79 Å². The largest absolute Gasteiger partial charge is 0.497 e. The van der Waals surface area contributed by atoms with Crippen LogP contribution in [0.4, 0.5) is 5.95 Å². The number of aromatic nitrogens is 2. The molecule has 4 rings (SSSR count). The molecule has 2 aromatic carbocycles. The van der Waals surface area contributed by atoms with Gasteiger partial charge in [0.25, 0.3) is 0 Å². The Labute approximate surface area is 164 Å². The molecule has 6 nitrogen and oxygen atoms in total. The summed E-state index contributed by atoms with van der Waals surface area (Å²) in [5, 5.41) is 6.15. The third kappa shape index (κ3) is 4.40. The number of carbonyl (C=O) groups is 1. The maximum absolute atomic E-state index is 12.3. The molecular weight excluding hydrogens is 364 g/mol. The maximum Gasteiger partial charge on any atom is 0.240 e. The number of ether oxygens (including phenoxy) is 1. The number of nitrogens with zero attached hydrogens (tertiary/aromatic N) is 2. The van der Waals surface area contributed by atoms with E-state index in [0.717, 1.165) is 34.9 Å². The number of carbonyl (C=O) groups excluding carboxylic acids is 1. The van der Waals surface area contributed by atoms with Crippen LogP contribution in [0.5, 0.6) is 5.75 Å². The van der Waals surface area contributed by atoms with Gasteiger partial charge in [0, 0.05) is 5.69 Å². The molecule has 0 saturated heterocycles. The highest BCUT2D eigenvalue weighted by atomic mass is 35.5. The minimum atomic E-state index is -0.0873. The van der Waals surface area contributed by atoms with E-state index in [1.807, 2.05) is 53.1 Å². The zero-order valence-electron chi connectivity index (χ0n) is 15.1. The van der Waals surface area contributed by atoms with Crippen LogP contribution in [0.15, 0.2) is 48.5 Å². The zero-order chi connectivity index (χ0) is 17.9. The van der Waals surface area contributed by atoms with E-state index < -0.39 is 0 Å². The van der Waals surface area contributed by atoms with Crippen LogP contribution in [0.3, 0.4) is 0 Å². The summed E-state index contributed by atoms with van der Waals surface area (Å²) in [6.45, 7) is 1.20. The number of hydrogen-bond acceptors (Lipinski definition) is 4. The van der Waals surface area contributed by atoms with Gasteiger partial charge in [0.1, 0.15) is 5.75 Å². The molecule has 1 aromatic heterocycles. The molecule has 0 atom stereocenters. The number of nitrogens with one attached hydrogen (secondary N) is 2. The number of anilines is 1. The molecule has 0 unspecified atom stereocenters. The van der Waals surface area contributed by atoms with Crippen LogP contribution < -0.4 is 15.4 Å². The van der Waals surface area contributed by atoms with Gasteiger partial charge in [0.15, 0.2) is 0 Å². The first-order chi connectivity index (χ1) is 12.7. The molecule has 2 N–H and O–H groups in total. The van der Waals surface area contributed by atoms with E-state index in [4.69, 9.17) is 4.74 Å². The van der Waals surface area contributed by atoms with Gasteiger partial charge in [0.05, 0.1) is 24.7 Å². The van der Waals surface area contributed by atoms with Crippen molar-refractivity contribution in [3.8, 4) is 11.4 Å². The molecule has 1 saturated carbocycles. The smallest absolute Gasteiger partial charge is 0.240 e. The first-order valence-electron chi connectivity index (χ1n) is 8.87. The Morgan fingerprint density at radius 2 is 1.93 bits per heavy atom. The van der Waals surface area contributed by atoms with Gasteiger partial charge in [-0.3, -0.25) is 14.7 Å². The lowest BCUT2D eigenvalue weighted by atomic mass is 10.2. The van der Waals surface area contributed by atoms with E-state index in [-0.39, 0.29) is 18.3 Å². The van der Waals surface area contributed by atoms with Crippen LogP contribution in [0.2, 0.25) is 0 Å². The molecule has 1 aliphatic carbocycles. The highest BCUT2D eigenvalue weighted by molar-refractivity contribution is 5.93. The number of rotatable bonds is 7. The SMILES string of the molecule is COc1ccc(-n2c(NC(=O)CNCC3CC3)nc3ccccc32)cc1.Cl. The Kier molecular flexibility index (Phi) is 5.98. The topological polar surface area (TPSA) is 68.2 Å². The van der Waals surface area contributed by atoms with Crippen molar-refractivity contribution in [3.05, 3.63) is 48.5 Å². The monoisotopic (exact) mass is 386 g/mol. The first-order valence-corrected chi connectivity index (χ1v) is 8.87. The fraction of sp³-hybridized carbons (Fsp3) is 0.300. The number of halogens is 1. The predicted molar refractivity (Wildman–Crippen MR) is 109 cm³/mol. The maximum atomic E-state index is 12.3. The molecule has 1 aliphatic rings. The summed E-state index contributed by atoms with van der Waals surface area (Å²) in [6, 6.07) is 15.5. The van der Waals surface area contributed by atoms with E-state index >= 15 is 0 Å². The Morgan fingerprint density at radius 3 is 2.63 bits per heavy atom. The number of amides is 1. The number of imidazole rings is 1. The molecule has 7 heteroatoms. The fourth-order valence-corrected chi connectivity index (χ4v) is 2.98. The second-order valence-electron chi connectivity index (χ2n) is 6.58. The Bertz CT molecular complexity index is 919. The highest BCUT2D eigenvalue weighted by Crippen LogP contribution is 2.28. The quantitative estimate of drug-likeness (QED) is 0.653.